The number of benzene rings is 1. The fraction of sp³-hybridized carbons (Fsp3) is 0.545. The van der Waals surface area contributed by atoms with Gasteiger partial charge in [0.25, 0.3) is 0 Å². The van der Waals surface area contributed by atoms with Crippen LogP contribution in [0.3, 0.4) is 0 Å². The van der Waals surface area contributed by atoms with Crippen LogP contribution in [0.25, 0.3) is 6.08 Å². The van der Waals surface area contributed by atoms with E-state index in [0.717, 1.165) is 30.6 Å². The van der Waals surface area contributed by atoms with E-state index in [4.69, 9.17) is 9.47 Å². The maximum Gasteiger partial charge on any atom is 0.307 e. The number of hydrogen-bond donors (Lipinski definition) is 0. The van der Waals surface area contributed by atoms with Crippen molar-refractivity contribution >= 4 is 18.0 Å². The molecule has 1 fully saturated rings. The molecule has 2 atom stereocenters. The standard InChI is InChI=1S/C22H31NO4/c1-4-27-19-12-9-18(10-13-19)11-14-21(24)23(16-15-22(25)26-3)20-8-6-5-7-17(20)2/h9-14,17,20H,4-8,15-16H2,1-3H3/b14-11+. The number of esters is 1. The maximum absolute atomic E-state index is 12.9. The second-order valence-electron chi connectivity index (χ2n) is 7.02. The van der Waals surface area contributed by atoms with E-state index in [-0.39, 0.29) is 24.3 Å². The molecule has 2 rings (SSSR count). The third kappa shape index (κ3) is 6.42. The van der Waals surface area contributed by atoms with Crippen LogP contribution in [0.5, 0.6) is 5.75 Å². The molecule has 0 N–H and O–H groups in total. The van der Waals surface area contributed by atoms with E-state index in [0.29, 0.717) is 19.1 Å². The molecule has 5 heteroatoms. The van der Waals surface area contributed by atoms with Gasteiger partial charge in [0.15, 0.2) is 0 Å². The highest BCUT2D eigenvalue weighted by molar-refractivity contribution is 5.92. The Hall–Kier alpha value is -2.30. The molecule has 5 nitrogen and oxygen atoms in total. The van der Waals surface area contributed by atoms with Gasteiger partial charge < -0.3 is 14.4 Å². The zero-order valence-electron chi connectivity index (χ0n) is 16.6. The van der Waals surface area contributed by atoms with E-state index in [9.17, 15) is 9.59 Å². The second kappa shape index (κ2) is 10.8. The molecule has 0 heterocycles. The van der Waals surface area contributed by atoms with Gasteiger partial charge in [0.1, 0.15) is 5.75 Å². The summed E-state index contributed by atoms with van der Waals surface area (Å²) in [7, 11) is 1.38. The minimum atomic E-state index is -0.285. The summed E-state index contributed by atoms with van der Waals surface area (Å²) in [6.07, 6.45) is 8.09. The largest absolute Gasteiger partial charge is 0.494 e. The predicted octanol–water partition coefficient (Wildman–Crippen LogP) is 4.07. The average Bonchev–Trinajstić information content (AvgIpc) is 2.68. The summed E-state index contributed by atoms with van der Waals surface area (Å²) >= 11 is 0. The lowest BCUT2D eigenvalue weighted by Gasteiger charge is -2.38. The predicted molar refractivity (Wildman–Crippen MR) is 106 cm³/mol. The fourth-order valence-electron chi connectivity index (χ4n) is 3.62. The Bertz CT molecular complexity index is 638. The lowest BCUT2D eigenvalue weighted by molar-refractivity contribution is -0.142. The van der Waals surface area contributed by atoms with Crippen LogP contribution >= 0.6 is 0 Å². The van der Waals surface area contributed by atoms with E-state index in [1.54, 1.807) is 6.08 Å². The molecule has 0 radical (unpaired) electrons. The molecule has 0 saturated heterocycles. The molecule has 148 valence electrons. The highest BCUT2D eigenvalue weighted by atomic mass is 16.5. The molecule has 0 spiro atoms. The summed E-state index contributed by atoms with van der Waals surface area (Å²) in [6.45, 7) is 5.16. The summed E-state index contributed by atoms with van der Waals surface area (Å²) in [4.78, 5) is 26.3. The Balaban J connectivity index is 2.07. The quantitative estimate of drug-likeness (QED) is 0.509. The van der Waals surface area contributed by atoms with Crippen LogP contribution in [0.4, 0.5) is 0 Å². The van der Waals surface area contributed by atoms with Crippen LogP contribution in [0.15, 0.2) is 30.3 Å². The first-order valence-electron chi connectivity index (χ1n) is 9.83. The van der Waals surface area contributed by atoms with Crippen LogP contribution in [0, 0.1) is 5.92 Å². The molecule has 1 amide bonds. The van der Waals surface area contributed by atoms with Crippen molar-refractivity contribution in [1.29, 1.82) is 0 Å². The molecule has 0 aromatic heterocycles. The summed E-state index contributed by atoms with van der Waals surface area (Å²) in [5, 5.41) is 0. The highest BCUT2D eigenvalue weighted by Gasteiger charge is 2.29. The Morgan fingerprint density at radius 2 is 1.89 bits per heavy atom. The zero-order chi connectivity index (χ0) is 19.6. The van der Waals surface area contributed by atoms with Gasteiger partial charge in [-0.3, -0.25) is 9.59 Å². The lowest BCUT2D eigenvalue weighted by Crippen LogP contribution is -2.45. The first-order valence-corrected chi connectivity index (χ1v) is 9.83. The molecule has 1 aromatic rings. The van der Waals surface area contributed by atoms with Crippen LogP contribution in [0.2, 0.25) is 0 Å². The third-order valence-corrected chi connectivity index (χ3v) is 5.14. The normalized spacial score (nSPS) is 19.7. The minimum absolute atomic E-state index is 0.0495. The molecule has 1 aromatic carbocycles. The number of hydrogen-bond acceptors (Lipinski definition) is 4. The van der Waals surface area contributed by atoms with Gasteiger partial charge >= 0.3 is 5.97 Å². The fourth-order valence-corrected chi connectivity index (χ4v) is 3.62. The van der Waals surface area contributed by atoms with E-state index in [1.165, 1.54) is 13.5 Å². The van der Waals surface area contributed by atoms with Crippen molar-refractivity contribution < 1.29 is 19.1 Å². The average molecular weight is 373 g/mol. The molecule has 2 unspecified atom stereocenters. The van der Waals surface area contributed by atoms with E-state index >= 15 is 0 Å². The lowest BCUT2D eigenvalue weighted by atomic mass is 9.84. The summed E-state index contributed by atoms with van der Waals surface area (Å²) in [5.41, 5.74) is 0.941. The number of amides is 1. The van der Waals surface area contributed by atoms with Gasteiger partial charge in [-0.15, -0.1) is 0 Å². The number of rotatable bonds is 8. The molecule has 1 aliphatic carbocycles. The number of carbonyl (C=O) groups excluding carboxylic acids is 2. The topological polar surface area (TPSA) is 55.8 Å². The van der Waals surface area contributed by atoms with Gasteiger partial charge in [-0.2, -0.15) is 0 Å². The third-order valence-electron chi connectivity index (χ3n) is 5.14. The maximum atomic E-state index is 12.9. The van der Waals surface area contributed by atoms with Gasteiger partial charge in [0, 0.05) is 18.7 Å². The molecule has 0 bridgehead atoms. The van der Waals surface area contributed by atoms with Crippen molar-refractivity contribution in [3.05, 3.63) is 35.9 Å². The van der Waals surface area contributed by atoms with Crippen LogP contribution < -0.4 is 4.74 Å². The summed E-state index contributed by atoms with van der Waals surface area (Å²) in [6, 6.07) is 7.83. The van der Waals surface area contributed by atoms with Crippen LogP contribution in [-0.4, -0.2) is 43.1 Å². The van der Waals surface area contributed by atoms with Crippen LogP contribution in [-0.2, 0) is 14.3 Å². The van der Waals surface area contributed by atoms with Crippen molar-refractivity contribution in [2.24, 2.45) is 5.92 Å². The number of nitrogens with zero attached hydrogens (tertiary/aromatic N) is 1. The van der Waals surface area contributed by atoms with Gasteiger partial charge in [-0.1, -0.05) is 31.9 Å². The molecular weight excluding hydrogens is 342 g/mol. The number of ether oxygens (including phenoxy) is 2. The first kappa shape index (κ1) is 21.0. The van der Waals surface area contributed by atoms with Gasteiger partial charge in [-0.05, 0) is 49.5 Å². The van der Waals surface area contributed by atoms with Gasteiger partial charge in [0.2, 0.25) is 5.91 Å². The van der Waals surface area contributed by atoms with Crippen molar-refractivity contribution in [2.45, 2.75) is 52.0 Å². The van der Waals surface area contributed by atoms with Crippen molar-refractivity contribution in [1.82, 2.24) is 4.90 Å². The van der Waals surface area contributed by atoms with Crippen LogP contribution in [0.1, 0.15) is 51.5 Å². The Kier molecular flexibility index (Phi) is 8.37. The zero-order valence-corrected chi connectivity index (χ0v) is 16.6. The van der Waals surface area contributed by atoms with Crippen molar-refractivity contribution in [3.63, 3.8) is 0 Å². The highest BCUT2D eigenvalue weighted by Crippen LogP contribution is 2.28. The number of carbonyl (C=O) groups is 2. The summed E-state index contributed by atoms with van der Waals surface area (Å²) < 4.78 is 10.2. The minimum Gasteiger partial charge on any atom is -0.494 e. The van der Waals surface area contributed by atoms with Gasteiger partial charge in [-0.25, -0.2) is 0 Å². The van der Waals surface area contributed by atoms with E-state index < -0.39 is 0 Å². The Labute approximate surface area is 162 Å². The Morgan fingerprint density at radius 1 is 1.19 bits per heavy atom. The van der Waals surface area contributed by atoms with E-state index in [1.807, 2.05) is 42.2 Å². The SMILES string of the molecule is CCOc1ccc(/C=C/C(=O)N(CCC(=O)OC)C2CCCCC2C)cc1. The Morgan fingerprint density at radius 3 is 2.52 bits per heavy atom. The van der Waals surface area contributed by atoms with Crippen molar-refractivity contribution in [2.75, 3.05) is 20.3 Å². The molecule has 0 aliphatic heterocycles. The monoisotopic (exact) mass is 373 g/mol. The summed E-state index contributed by atoms with van der Waals surface area (Å²) in [5.74, 6) is 0.925. The van der Waals surface area contributed by atoms with Gasteiger partial charge in [0.05, 0.1) is 20.1 Å². The van der Waals surface area contributed by atoms with E-state index in [2.05, 4.69) is 6.92 Å². The molecule has 27 heavy (non-hydrogen) atoms. The number of methoxy groups -OCH3 is 1. The smallest absolute Gasteiger partial charge is 0.307 e. The molecule has 1 aliphatic rings. The second-order valence-corrected chi connectivity index (χ2v) is 7.02. The van der Waals surface area contributed by atoms with Crippen molar-refractivity contribution in [3.8, 4) is 5.75 Å². The first-order chi connectivity index (χ1) is 13.0. The molecular formula is C22H31NO4. The molecule has 1 saturated carbocycles.